The minimum absolute atomic E-state index is 0.0380. The van der Waals surface area contributed by atoms with Gasteiger partial charge in [-0.25, -0.2) is 4.79 Å². The molecule has 0 bridgehead atoms. The smallest absolute Gasteiger partial charge is 0.323 e. The lowest BCUT2D eigenvalue weighted by atomic mass is 10.1. The second kappa shape index (κ2) is 6.27. The predicted octanol–water partition coefficient (Wildman–Crippen LogP) is 2.86. The first kappa shape index (κ1) is 14.7. The summed E-state index contributed by atoms with van der Waals surface area (Å²) >= 11 is 1.42. The first-order chi connectivity index (χ1) is 10.6. The molecule has 2 amide bonds. The van der Waals surface area contributed by atoms with Gasteiger partial charge >= 0.3 is 6.03 Å². The highest BCUT2D eigenvalue weighted by atomic mass is 32.1. The Morgan fingerprint density at radius 2 is 1.82 bits per heavy atom. The van der Waals surface area contributed by atoms with E-state index in [2.05, 4.69) is 4.99 Å². The third-order valence-electron chi connectivity index (χ3n) is 3.71. The molecule has 0 aliphatic carbocycles. The van der Waals surface area contributed by atoms with Gasteiger partial charge in [-0.15, -0.1) is 11.3 Å². The van der Waals surface area contributed by atoms with E-state index < -0.39 is 0 Å². The van der Waals surface area contributed by atoms with E-state index in [1.165, 1.54) is 11.3 Å². The van der Waals surface area contributed by atoms with E-state index >= 15 is 0 Å². The molecule has 3 rings (SSSR count). The number of hydrogen-bond donors (Lipinski definition) is 0. The van der Waals surface area contributed by atoms with Gasteiger partial charge in [-0.05, 0) is 44.0 Å². The second-order valence-electron chi connectivity index (χ2n) is 5.25. The highest BCUT2D eigenvalue weighted by Gasteiger charge is 2.17. The van der Waals surface area contributed by atoms with Crippen LogP contribution < -0.4 is 4.80 Å². The van der Waals surface area contributed by atoms with Crippen LogP contribution in [0.2, 0.25) is 0 Å². The summed E-state index contributed by atoms with van der Waals surface area (Å²) in [6, 6.07) is 7.13. The van der Waals surface area contributed by atoms with E-state index in [4.69, 9.17) is 0 Å². The molecule has 1 aliphatic heterocycles. The Morgan fingerprint density at radius 3 is 2.45 bits per heavy atom. The average Bonchev–Trinajstić information content (AvgIpc) is 3.18. The quantitative estimate of drug-likeness (QED) is 0.800. The van der Waals surface area contributed by atoms with Crippen LogP contribution in [0.15, 0.2) is 40.8 Å². The lowest BCUT2D eigenvalue weighted by molar-refractivity contribution is 0.101. The molecular weight excluding hydrogens is 298 g/mol. The Labute approximate surface area is 132 Å². The van der Waals surface area contributed by atoms with Crippen LogP contribution in [0.25, 0.3) is 5.69 Å². The zero-order chi connectivity index (χ0) is 15.5. The van der Waals surface area contributed by atoms with Gasteiger partial charge < -0.3 is 4.90 Å². The molecule has 6 heteroatoms. The van der Waals surface area contributed by atoms with Crippen molar-refractivity contribution in [3.8, 4) is 5.69 Å². The van der Waals surface area contributed by atoms with E-state index in [1.54, 1.807) is 24.0 Å². The fourth-order valence-electron chi connectivity index (χ4n) is 2.47. The summed E-state index contributed by atoms with van der Waals surface area (Å²) in [5.41, 5.74) is 1.56. The van der Waals surface area contributed by atoms with Crippen molar-refractivity contribution in [1.82, 2.24) is 9.47 Å². The number of aromatic nitrogens is 1. The molecule has 1 fully saturated rings. The van der Waals surface area contributed by atoms with Gasteiger partial charge in [0.1, 0.15) is 0 Å². The highest BCUT2D eigenvalue weighted by Crippen LogP contribution is 2.11. The van der Waals surface area contributed by atoms with Crippen LogP contribution in [0.1, 0.15) is 30.1 Å². The molecular formula is C16H17N3O2S. The van der Waals surface area contributed by atoms with E-state index in [9.17, 15) is 9.59 Å². The van der Waals surface area contributed by atoms with Crippen LogP contribution in [-0.4, -0.2) is 34.4 Å². The van der Waals surface area contributed by atoms with Gasteiger partial charge in [-0.1, -0.05) is 0 Å². The average molecular weight is 315 g/mol. The van der Waals surface area contributed by atoms with Gasteiger partial charge in [0.15, 0.2) is 10.6 Å². The number of urea groups is 1. The number of benzene rings is 1. The number of amides is 2. The van der Waals surface area contributed by atoms with Gasteiger partial charge in [-0.2, -0.15) is 4.99 Å². The highest BCUT2D eigenvalue weighted by molar-refractivity contribution is 7.07. The molecule has 1 aromatic carbocycles. The normalized spacial score (nSPS) is 15.3. The zero-order valence-corrected chi connectivity index (χ0v) is 13.2. The van der Waals surface area contributed by atoms with Crippen LogP contribution in [-0.2, 0) is 0 Å². The first-order valence-corrected chi connectivity index (χ1v) is 8.14. The maximum Gasteiger partial charge on any atom is 0.346 e. The van der Waals surface area contributed by atoms with Crippen LogP contribution in [0, 0.1) is 0 Å². The fraction of sp³-hybridized carbons (Fsp3) is 0.312. The van der Waals surface area contributed by atoms with Gasteiger partial charge in [0, 0.05) is 35.9 Å². The third kappa shape index (κ3) is 3.01. The maximum absolute atomic E-state index is 12.1. The molecule has 1 saturated heterocycles. The van der Waals surface area contributed by atoms with E-state index in [-0.39, 0.29) is 11.8 Å². The van der Waals surface area contributed by atoms with Crippen molar-refractivity contribution in [3.05, 3.63) is 46.2 Å². The first-order valence-electron chi connectivity index (χ1n) is 7.26. The molecule has 0 radical (unpaired) electrons. The molecule has 22 heavy (non-hydrogen) atoms. The molecule has 0 unspecified atom stereocenters. The summed E-state index contributed by atoms with van der Waals surface area (Å²) in [5.74, 6) is 0.0380. The number of carbonyl (C=O) groups is 2. The zero-order valence-electron chi connectivity index (χ0n) is 12.4. The summed E-state index contributed by atoms with van der Waals surface area (Å²) in [4.78, 5) is 30.1. The standard InChI is InChI=1S/C16H17N3O2S/c1-12(20)13-4-6-14(7-5-13)19-10-11-22-16(19)17-15(21)18-8-2-3-9-18/h4-7,10-11H,2-3,8-9H2,1H3. The number of carbonyl (C=O) groups excluding carboxylic acids is 2. The Kier molecular flexibility index (Phi) is 4.20. The number of likely N-dealkylation sites (tertiary alicyclic amines) is 1. The fourth-order valence-corrected chi connectivity index (χ4v) is 3.18. The monoisotopic (exact) mass is 315 g/mol. The molecule has 0 saturated carbocycles. The summed E-state index contributed by atoms with van der Waals surface area (Å²) < 4.78 is 1.86. The van der Waals surface area contributed by atoms with Gasteiger partial charge in [0.2, 0.25) is 0 Å². The molecule has 1 aromatic heterocycles. The Bertz CT molecular complexity index is 752. The predicted molar refractivity (Wildman–Crippen MR) is 85.4 cm³/mol. The van der Waals surface area contributed by atoms with Gasteiger partial charge in [0.25, 0.3) is 0 Å². The van der Waals surface area contributed by atoms with Crippen molar-refractivity contribution in [3.63, 3.8) is 0 Å². The van der Waals surface area contributed by atoms with E-state index in [0.29, 0.717) is 10.4 Å². The lowest BCUT2D eigenvalue weighted by Crippen LogP contribution is -2.27. The van der Waals surface area contributed by atoms with Crippen molar-refractivity contribution < 1.29 is 9.59 Å². The minimum atomic E-state index is -0.172. The molecule has 0 atom stereocenters. The van der Waals surface area contributed by atoms with Crippen LogP contribution in [0.3, 0.4) is 0 Å². The van der Waals surface area contributed by atoms with Gasteiger partial charge in [0.05, 0.1) is 0 Å². The number of rotatable bonds is 2. The second-order valence-corrected chi connectivity index (χ2v) is 6.12. The summed E-state index contributed by atoms with van der Waals surface area (Å²) in [6.45, 7) is 3.13. The van der Waals surface area contributed by atoms with Crippen LogP contribution in [0.4, 0.5) is 4.79 Å². The van der Waals surface area contributed by atoms with Crippen molar-refractivity contribution in [2.45, 2.75) is 19.8 Å². The molecule has 0 spiro atoms. The molecule has 0 N–H and O–H groups in total. The SMILES string of the molecule is CC(=O)c1ccc(-n2ccsc2=NC(=O)N2CCCC2)cc1. The maximum atomic E-state index is 12.1. The van der Waals surface area contributed by atoms with Crippen LogP contribution >= 0.6 is 11.3 Å². The Hall–Kier alpha value is -2.21. The topological polar surface area (TPSA) is 54.7 Å². The summed E-state index contributed by atoms with van der Waals surface area (Å²) in [6.07, 6.45) is 3.99. The molecule has 114 valence electrons. The van der Waals surface area contributed by atoms with Crippen molar-refractivity contribution in [2.75, 3.05) is 13.1 Å². The van der Waals surface area contributed by atoms with E-state index in [0.717, 1.165) is 31.6 Å². The largest absolute Gasteiger partial charge is 0.346 e. The summed E-state index contributed by atoms with van der Waals surface area (Å²) in [5, 5.41) is 1.90. The molecule has 2 heterocycles. The van der Waals surface area contributed by atoms with Crippen LogP contribution in [0.5, 0.6) is 0 Å². The van der Waals surface area contributed by atoms with Crippen molar-refractivity contribution in [1.29, 1.82) is 0 Å². The number of Topliss-reactive ketones (excluding diaryl/α,β-unsaturated/α-hetero) is 1. The number of thiazole rings is 1. The lowest BCUT2D eigenvalue weighted by Gasteiger charge is -2.10. The Morgan fingerprint density at radius 1 is 1.14 bits per heavy atom. The minimum Gasteiger partial charge on any atom is -0.323 e. The Balaban J connectivity index is 1.91. The molecule has 5 nitrogen and oxygen atoms in total. The van der Waals surface area contributed by atoms with E-state index in [1.807, 2.05) is 28.3 Å². The number of ketones is 1. The van der Waals surface area contributed by atoms with Crippen molar-refractivity contribution in [2.24, 2.45) is 4.99 Å². The number of hydrogen-bond acceptors (Lipinski definition) is 3. The molecule has 1 aliphatic rings. The van der Waals surface area contributed by atoms with Crippen molar-refractivity contribution >= 4 is 23.2 Å². The summed E-state index contributed by atoms with van der Waals surface area (Å²) in [7, 11) is 0. The third-order valence-corrected chi connectivity index (χ3v) is 4.47. The number of nitrogens with zero attached hydrogens (tertiary/aromatic N) is 3. The van der Waals surface area contributed by atoms with Gasteiger partial charge in [-0.3, -0.25) is 9.36 Å². The molecule has 2 aromatic rings.